The first-order valence-electron chi connectivity index (χ1n) is 12.5. The molecule has 1 unspecified atom stereocenters. The number of benzene rings is 4. The van der Waals surface area contributed by atoms with Gasteiger partial charge in [-0.3, -0.25) is 14.4 Å². The molecule has 3 amide bonds. The molecule has 4 rings (SSSR count). The fraction of sp³-hybridized carbons (Fsp3) is 0.0645. The van der Waals surface area contributed by atoms with Gasteiger partial charge in [-0.25, -0.2) is 4.39 Å². The van der Waals surface area contributed by atoms with Gasteiger partial charge in [0.15, 0.2) is 0 Å². The molecule has 0 saturated carbocycles. The predicted molar refractivity (Wildman–Crippen MR) is 169 cm³/mol. The number of halogens is 4. The van der Waals surface area contributed by atoms with Gasteiger partial charge in [0, 0.05) is 37.4 Å². The van der Waals surface area contributed by atoms with E-state index in [0.717, 1.165) is 4.90 Å². The van der Waals surface area contributed by atoms with Crippen LogP contribution < -0.4 is 16.0 Å². The Kier molecular flexibility index (Phi) is 10.7. The highest BCUT2D eigenvalue weighted by Crippen LogP contribution is 2.28. The van der Waals surface area contributed by atoms with Crippen LogP contribution in [0.1, 0.15) is 22.8 Å². The summed E-state index contributed by atoms with van der Waals surface area (Å²) in [7, 11) is 0. The van der Waals surface area contributed by atoms with Crippen molar-refractivity contribution >= 4 is 81.7 Å². The van der Waals surface area contributed by atoms with E-state index in [9.17, 15) is 18.8 Å². The Hall–Kier alpha value is -3.82. The summed E-state index contributed by atoms with van der Waals surface area (Å²) in [6.07, 6.45) is 1.19. The molecule has 3 N–H and O–H groups in total. The molecule has 6 nitrogen and oxygen atoms in total. The Bertz CT molecular complexity index is 1610. The van der Waals surface area contributed by atoms with E-state index >= 15 is 0 Å². The van der Waals surface area contributed by atoms with Crippen LogP contribution in [-0.4, -0.2) is 23.0 Å². The molecule has 0 bridgehead atoms. The van der Waals surface area contributed by atoms with Gasteiger partial charge in [-0.2, -0.15) is 0 Å². The Morgan fingerprint density at radius 3 is 2.12 bits per heavy atom. The molecule has 0 heterocycles. The average Bonchev–Trinajstić information content (AvgIpc) is 2.95. The highest BCUT2D eigenvalue weighted by Gasteiger charge is 2.18. The van der Waals surface area contributed by atoms with Gasteiger partial charge in [0.1, 0.15) is 11.5 Å². The van der Waals surface area contributed by atoms with Gasteiger partial charge in [0.2, 0.25) is 5.91 Å². The average molecular weight is 643 g/mol. The third-order valence-corrected chi connectivity index (χ3v) is 7.62. The van der Waals surface area contributed by atoms with Gasteiger partial charge in [-0.15, -0.1) is 11.8 Å². The number of amides is 3. The number of hydrogen-bond donors (Lipinski definition) is 3. The molecular formula is C31H23Cl3FN3O3S. The first-order chi connectivity index (χ1) is 20.1. The first-order valence-corrected chi connectivity index (χ1v) is 14.5. The third kappa shape index (κ3) is 8.59. The second kappa shape index (κ2) is 14.4. The standard InChI is InChI=1S/C31H23Cl3FN3O3S/c1-18(29(39)37-23-15-20(32)14-21(33)16-23)42-24-12-10-22(11-13-24)36-31(41)28(17-25-26(34)8-5-9-27(25)35)38-30(40)19-6-3-2-4-7-19/h2-18H,1H3,(H,36,41)(H,37,39)(H,38,40)/b28-17-. The number of anilines is 2. The van der Waals surface area contributed by atoms with Crippen molar-refractivity contribution in [3.63, 3.8) is 0 Å². The molecule has 214 valence electrons. The van der Waals surface area contributed by atoms with Crippen LogP contribution in [0.4, 0.5) is 15.8 Å². The Balaban J connectivity index is 1.46. The largest absolute Gasteiger partial charge is 0.325 e. The highest BCUT2D eigenvalue weighted by molar-refractivity contribution is 8.00. The fourth-order valence-corrected chi connectivity index (χ4v) is 5.29. The molecule has 0 spiro atoms. The summed E-state index contributed by atoms with van der Waals surface area (Å²) in [6.45, 7) is 1.75. The summed E-state index contributed by atoms with van der Waals surface area (Å²) in [5, 5.41) is 8.47. The lowest BCUT2D eigenvalue weighted by molar-refractivity contribution is -0.115. The lowest BCUT2D eigenvalue weighted by Crippen LogP contribution is -2.30. The van der Waals surface area contributed by atoms with E-state index in [4.69, 9.17) is 34.8 Å². The van der Waals surface area contributed by atoms with Crippen molar-refractivity contribution in [2.45, 2.75) is 17.1 Å². The zero-order valence-corrected chi connectivity index (χ0v) is 25.0. The van der Waals surface area contributed by atoms with Crippen LogP contribution in [0.15, 0.2) is 102 Å². The van der Waals surface area contributed by atoms with E-state index < -0.39 is 22.9 Å². The second-order valence-electron chi connectivity index (χ2n) is 8.90. The summed E-state index contributed by atoms with van der Waals surface area (Å²) in [6, 6.07) is 24.0. The zero-order valence-electron chi connectivity index (χ0n) is 22.0. The molecule has 0 aliphatic carbocycles. The Morgan fingerprint density at radius 1 is 0.810 bits per heavy atom. The smallest absolute Gasteiger partial charge is 0.272 e. The molecule has 0 fully saturated rings. The van der Waals surface area contributed by atoms with E-state index in [2.05, 4.69) is 16.0 Å². The normalized spacial score (nSPS) is 11.9. The minimum Gasteiger partial charge on any atom is -0.325 e. The van der Waals surface area contributed by atoms with Gasteiger partial charge in [0.05, 0.1) is 10.3 Å². The van der Waals surface area contributed by atoms with Crippen molar-refractivity contribution in [1.82, 2.24) is 5.32 Å². The minimum atomic E-state index is -0.688. The van der Waals surface area contributed by atoms with E-state index in [-0.39, 0.29) is 22.2 Å². The van der Waals surface area contributed by atoms with Crippen molar-refractivity contribution in [3.05, 3.63) is 129 Å². The molecular weight excluding hydrogens is 620 g/mol. The summed E-state index contributed by atoms with van der Waals surface area (Å²) in [5.74, 6) is -2.14. The van der Waals surface area contributed by atoms with E-state index in [1.165, 1.54) is 36.0 Å². The van der Waals surface area contributed by atoms with E-state index in [1.807, 2.05) is 0 Å². The van der Waals surface area contributed by atoms with E-state index in [1.54, 1.807) is 79.7 Å². The summed E-state index contributed by atoms with van der Waals surface area (Å²) >= 11 is 19.5. The third-order valence-electron chi connectivity index (χ3n) is 5.74. The first kappa shape index (κ1) is 31.1. The molecule has 0 aliphatic rings. The molecule has 42 heavy (non-hydrogen) atoms. The van der Waals surface area contributed by atoms with Crippen LogP contribution in [0.2, 0.25) is 15.1 Å². The van der Waals surface area contributed by atoms with Crippen molar-refractivity contribution in [3.8, 4) is 0 Å². The molecule has 0 radical (unpaired) electrons. The molecule has 4 aromatic rings. The van der Waals surface area contributed by atoms with Crippen LogP contribution in [0.25, 0.3) is 6.08 Å². The minimum absolute atomic E-state index is 0.0447. The zero-order chi connectivity index (χ0) is 30.2. The topological polar surface area (TPSA) is 87.3 Å². The Labute approximate surface area is 261 Å². The predicted octanol–water partition coefficient (Wildman–Crippen LogP) is 8.31. The molecule has 4 aromatic carbocycles. The molecule has 0 aliphatic heterocycles. The second-order valence-corrected chi connectivity index (χ2v) is 11.6. The number of thioether (sulfide) groups is 1. The fourth-order valence-electron chi connectivity index (χ4n) is 3.68. The lowest BCUT2D eigenvalue weighted by atomic mass is 10.1. The van der Waals surface area contributed by atoms with Crippen LogP contribution in [0, 0.1) is 5.82 Å². The summed E-state index contributed by atoms with van der Waals surface area (Å²) in [5.41, 5.74) is 0.962. The van der Waals surface area contributed by atoms with Crippen LogP contribution in [0.3, 0.4) is 0 Å². The summed E-state index contributed by atoms with van der Waals surface area (Å²) in [4.78, 5) is 39.5. The van der Waals surface area contributed by atoms with Gasteiger partial charge in [-0.05, 0) is 79.7 Å². The Morgan fingerprint density at radius 2 is 1.48 bits per heavy atom. The molecule has 0 saturated heterocycles. The highest BCUT2D eigenvalue weighted by atomic mass is 35.5. The maximum Gasteiger partial charge on any atom is 0.272 e. The number of nitrogens with one attached hydrogen (secondary N) is 3. The number of rotatable bonds is 9. The van der Waals surface area contributed by atoms with Gasteiger partial charge in [-0.1, -0.05) is 59.1 Å². The van der Waals surface area contributed by atoms with Gasteiger partial charge in [0.25, 0.3) is 11.8 Å². The quantitative estimate of drug-likeness (QED) is 0.127. The number of hydrogen-bond acceptors (Lipinski definition) is 4. The summed E-state index contributed by atoms with van der Waals surface area (Å²) < 4.78 is 14.5. The van der Waals surface area contributed by atoms with Crippen LogP contribution >= 0.6 is 46.6 Å². The van der Waals surface area contributed by atoms with Crippen LogP contribution in [-0.2, 0) is 9.59 Å². The maximum atomic E-state index is 14.5. The van der Waals surface area contributed by atoms with Crippen molar-refractivity contribution in [2.24, 2.45) is 0 Å². The molecule has 0 aromatic heterocycles. The monoisotopic (exact) mass is 641 g/mol. The molecule has 1 atom stereocenters. The van der Waals surface area contributed by atoms with Gasteiger partial charge >= 0.3 is 0 Å². The molecule has 11 heteroatoms. The maximum absolute atomic E-state index is 14.5. The van der Waals surface area contributed by atoms with Crippen molar-refractivity contribution in [1.29, 1.82) is 0 Å². The van der Waals surface area contributed by atoms with Crippen molar-refractivity contribution in [2.75, 3.05) is 10.6 Å². The van der Waals surface area contributed by atoms with Crippen molar-refractivity contribution < 1.29 is 18.8 Å². The van der Waals surface area contributed by atoms with E-state index in [0.29, 0.717) is 27.0 Å². The van der Waals surface area contributed by atoms with Gasteiger partial charge < -0.3 is 16.0 Å². The number of carbonyl (C=O) groups is 3. The SMILES string of the molecule is CC(Sc1ccc(NC(=O)/C(=C/c2c(F)cccc2Cl)NC(=O)c2ccccc2)cc1)C(=O)Nc1cc(Cl)cc(Cl)c1. The number of carbonyl (C=O) groups excluding carboxylic acids is 3. The lowest BCUT2D eigenvalue weighted by Gasteiger charge is -2.14. The van der Waals surface area contributed by atoms with Crippen LogP contribution in [0.5, 0.6) is 0 Å².